The molecule has 144 valence electrons. The second-order valence-corrected chi connectivity index (χ2v) is 6.94. The summed E-state index contributed by atoms with van der Waals surface area (Å²) in [6, 6.07) is 17.6. The van der Waals surface area contributed by atoms with E-state index < -0.39 is 6.04 Å². The van der Waals surface area contributed by atoms with Crippen molar-refractivity contribution in [2.24, 2.45) is 11.7 Å². The van der Waals surface area contributed by atoms with Gasteiger partial charge in [-0.15, -0.1) is 0 Å². The Morgan fingerprint density at radius 1 is 1.04 bits per heavy atom. The number of carbonyl (C=O) groups excluding carboxylic acids is 1. The molecule has 3 N–H and O–H groups in total. The molecule has 0 aliphatic carbocycles. The monoisotopic (exact) mass is 368 g/mol. The van der Waals surface area contributed by atoms with Gasteiger partial charge in [0.25, 0.3) is 0 Å². The van der Waals surface area contributed by atoms with E-state index in [1.807, 2.05) is 54.6 Å². The zero-order valence-corrected chi connectivity index (χ0v) is 15.6. The molecule has 0 radical (unpaired) electrons. The molecule has 1 saturated heterocycles. The van der Waals surface area contributed by atoms with Crippen LogP contribution in [0.5, 0.6) is 0 Å². The number of nitrogens with two attached hydrogens (primary N) is 1. The molecule has 0 saturated carbocycles. The minimum Gasteiger partial charge on any atom is -0.381 e. The fourth-order valence-corrected chi connectivity index (χ4v) is 3.31. The number of ether oxygens (including phenoxy) is 2. The standard InChI is InChI=1S/C22H28N2O3/c23-21(18-10-12-26-13-11-18)22(25)24-14-19-8-4-5-9-20(19)16-27-15-17-6-2-1-3-7-17/h1-9,18,21H,10-16,23H2,(H,24,25). The summed E-state index contributed by atoms with van der Waals surface area (Å²) in [6.45, 7) is 2.91. The quantitative estimate of drug-likeness (QED) is 0.751. The third-order valence-corrected chi connectivity index (χ3v) is 5.02. The summed E-state index contributed by atoms with van der Waals surface area (Å²) in [5.74, 6) is 0.102. The zero-order valence-electron chi connectivity index (χ0n) is 15.6. The van der Waals surface area contributed by atoms with Gasteiger partial charge in [-0.25, -0.2) is 0 Å². The molecule has 1 aliphatic rings. The van der Waals surface area contributed by atoms with Crippen molar-refractivity contribution in [1.82, 2.24) is 5.32 Å². The lowest BCUT2D eigenvalue weighted by Crippen LogP contribution is -2.46. The fourth-order valence-electron chi connectivity index (χ4n) is 3.31. The molecule has 1 heterocycles. The van der Waals surface area contributed by atoms with Crippen molar-refractivity contribution < 1.29 is 14.3 Å². The molecule has 1 amide bonds. The van der Waals surface area contributed by atoms with Gasteiger partial charge in [-0.2, -0.15) is 0 Å². The molecule has 2 aromatic rings. The lowest BCUT2D eigenvalue weighted by atomic mass is 9.92. The van der Waals surface area contributed by atoms with E-state index in [0.717, 1.165) is 29.5 Å². The van der Waals surface area contributed by atoms with E-state index in [4.69, 9.17) is 15.2 Å². The van der Waals surface area contributed by atoms with Crippen LogP contribution in [0.2, 0.25) is 0 Å². The minimum atomic E-state index is -0.476. The van der Waals surface area contributed by atoms with Crippen LogP contribution in [0.3, 0.4) is 0 Å². The SMILES string of the molecule is NC(C(=O)NCc1ccccc1COCc1ccccc1)C1CCOCC1. The Morgan fingerprint density at radius 3 is 2.44 bits per heavy atom. The van der Waals surface area contributed by atoms with Gasteiger partial charge in [-0.05, 0) is 35.4 Å². The van der Waals surface area contributed by atoms with Gasteiger partial charge >= 0.3 is 0 Å². The van der Waals surface area contributed by atoms with Crippen LogP contribution in [0.25, 0.3) is 0 Å². The van der Waals surface area contributed by atoms with E-state index in [2.05, 4.69) is 5.32 Å². The van der Waals surface area contributed by atoms with E-state index in [0.29, 0.717) is 33.0 Å². The largest absolute Gasteiger partial charge is 0.381 e. The molecule has 27 heavy (non-hydrogen) atoms. The summed E-state index contributed by atoms with van der Waals surface area (Å²) in [5.41, 5.74) is 9.42. The average Bonchev–Trinajstić information content (AvgIpc) is 2.73. The molecule has 5 heteroatoms. The van der Waals surface area contributed by atoms with E-state index in [-0.39, 0.29) is 11.8 Å². The Bertz CT molecular complexity index is 715. The molecule has 0 aromatic heterocycles. The summed E-state index contributed by atoms with van der Waals surface area (Å²) in [4.78, 5) is 12.4. The first-order chi connectivity index (χ1) is 13.2. The number of carbonyl (C=O) groups is 1. The maximum atomic E-state index is 12.4. The number of hydrogen-bond acceptors (Lipinski definition) is 4. The van der Waals surface area contributed by atoms with Crippen LogP contribution < -0.4 is 11.1 Å². The summed E-state index contributed by atoms with van der Waals surface area (Å²) in [6.07, 6.45) is 1.69. The maximum absolute atomic E-state index is 12.4. The van der Waals surface area contributed by atoms with Crippen molar-refractivity contribution in [2.45, 2.75) is 38.6 Å². The molecule has 1 aliphatic heterocycles. The Morgan fingerprint density at radius 2 is 1.70 bits per heavy atom. The maximum Gasteiger partial charge on any atom is 0.237 e. The Labute approximate surface area is 160 Å². The molecular formula is C22H28N2O3. The Balaban J connectivity index is 1.50. The van der Waals surface area contributed by atoms with Crippen LogP contribution in [0.15, 0.2) is 54.6 Å². The van der Waals surface area contributed by atoms with Crippen molar-refractivity contribution in [3.8, 4) is 0 Å². The molecule has 0 bridgehead atoms. The number of rotatable bonds is 8. The molecule has 5 nitrogen and oxygen atoms in total. The third-order valence-electron chi connectivity index (χ3n) is 5.02. The first kappa shape index (κ1) is 19.5. The first-order valence-electron chi connectivity index (χ1n) is 9.53. The highest BCUT2D eigenvalue weighted by Gasteiger charge is 2.26. The number of nitrogens with one attached hydrogen (secondary N) is 1. The van der Waals surface area contributed by atoms with Gasteiger partial charge in [0, 0.05) is 19.8 Å². The van der Waals surface area contributed by atoms with Crippen molar-refractivity contribution >= 4 is 5.91 Å². The highest BCUT2D eigenvalue weighted by Crippen LogP contribution is 2.18. The van der Waals surface area contributed by atoms with Gasteiger partial charge in [0.15, 0.2) is 0 Å². The third kappa shape index (κ3) is 5.89. The summed E-state index contributed by atoms with van der Waals surface area (Å²) < 4.78 is 11.2. The summed E-state index contributed by atoms with van der Waals surface area (Å²) in [5, 5.41) is 2.98. The van der Waals surface area contributed by atoms with Gasteiger partial charge in [-0.3, -0.25) is 4.79 Å². The number of hydrogen-bond donors (Lipinski definition) is 2. The number of benzene rings is 2. The Hall–Kier alpha value is -2.21. The second-order valence-electron chi connectivity index (χ2n) is 6.94. The van der Waals surface area contributed by atoms with Gasteiger partial charge < -0.3 is 20.5 Å². The van der Waals surface area contributed by atoms with Crippen LogP contribution in [0.4, 0.5) is 0 Å². The topological polar surface area (TPSA) is 73.6 Å². The smallest absolute Gasteiger partial charge is 0.237 e. The molecule has 1 atom stereocenters. The highest BCUT2D eigenvalue weighted by atomic mass is 16.5. The van der Waals surface area contributed by atoms with E-state index in [1.54, 1.807) is 0 Å². The van der Waals surface area contributed by atoms with Gasteiger partial charge in [0.05, 0.1) is 19.3 Å². The molecule has 3 rings (SSSR count). The fraction of sp³-hybridized carbons (Fsp3) is 0.409. The van der Waals surface area contributed by atoms with Crippen molar-refractivity contribution in [2.75, 3.05) is 13.2 Å². The molecular weight excluding hydrogens is 340 g/mol. The van der Waals surface area contributed by atoms with Crippen LogP contribution in [0.1, 0.15) is 29.5 Å². The average molecular weight is 368 g/mol. The second kappa shape index (κ2) is 10.2. The normalized spacial score (nSPS) is 16.0. The predicted molar refractivity (Wildman–Crippen MR) is 105 cm³/mol. The van der Waals surface area contributed by atoms with E-state index in [1.165, 1.54) is 0 Å². The van der Waals surface area contributed by atoms with Crippen LogP contribution in [-0.4, -0.2) is 25.2 Å². The number of amides is 1. The van der Waals surface area contributed by atoms with Crippen molar-refractivity contribution in [1.29, 1.82) is 0 Å². The molecule has 1 unspecified atom stereocenters. The minimum absolute atomic E-state index is 0.0955. The molecule has 0 spiro atoms. The molecule has 2 aromatic carbocycles. The van der Waals surface area contributed by atoms with Gasteiger partial charge in [0.2, 0.25) is 5.91 Å². The summed E-state index contributed by atoms with van der Waals surface area (Å²) >= 11 is 0. The lowest BCUT2D eigenvalue weighted by molar-refractivity contribution is -0.124. The van der Waals surface area contributed by atoms with Gasteiger partial charge in [-0.1, -0.05) is 54.6 Å². The first-order valence-corrected chi connectivity index (χ1v) is 9.53. The Kier molecular flexibility index (Phi) is 7.39. The molecule has 1 fully saturated rings. The highest BCUT2D eigenvalue weighted by molar-refractivity contribution is 5.81. The van der Waals surface area contributed by atoms with Crippen LogP contribution in [-0.2, 0) is 34.0 Å². The van der Waals surface area contributed by atoms with Crippen molar-refractivity contribution in [3.05, 3.63) is 71.3 Å². The lowest BCUT2D eigenvalue weighted by Gasteiger charge is -2.26. The predicted octanol–water partition coefficient (Wildman–Crippen LogP) is 2.77. The van der Waals surface area contributed by atoms with Gasteiger partial charge in [0.1, 0.15) is 0 Å². The summed E-state index contributed by atoms with van der Waals surface area (Å²) in [7, 11) is 0. The van der Waals surface area contributed by atoms with Crippen molar-refractivity contribution in [3.63, 3.8) is 0 Å². The van der Waals surface area contributed by atoms with E-state index in [9.17, 15) is 4.79 Å². The zero-order chi connectivity index (χ0) is 18.9. The van der Waals surface area contributed by atoms with E-state index >= 15 is 0 Å². The van der Waals surface area contributed by atoms with Crippen LogP contribution >= 0.6 is 0 Å². The van der Waals surface area contributed by atoms with Crippen LogP contribution in [0, 0.1) is 5.92 Å².